The third kappa shape index (κ3) is 8.03. The highest BCUT2D eigenvalue weighted by Crippen LogP contribution is 2.07. The van der Waals surface area contributed by atoms with E-state index in [9.17, 15) is 4.79 Å². The zero-order valence-corrected chi connectivity index (χ0v) is 17.6. The molecule has 6 nitrogen and oxygen atoms in total. The second-order valence-corrected chi connectivity index (χ2v) is 5.55. The number of unbranched alkanes of at least 4 members (excludes halogenated alkanes) is 1. The summed E-state index contributed by atoms with van der Waals surface area (Å²) in [6, 6.07) is 1.79. The Morgan fingerprint density at radius 2 is 2.04 bits per heavy atom. The number of nitrogens with one attached hydrogen (secondary N) is 2. The van der Waals surface area contributed by atoms with Crippen LogP contribution in [-0.4, -0.2) is 50.0 Å². The lowest BCUT2D eigenvalue weighted by molar-refractivity contribution is 0.0925. The molecule has 1 rings (SSSR count). The molecule has 0 aromatic carbocycles. The van der Waals surface area contributed by atoms with Gasteiger partial charge in [0, 0.05) is 38.8 Å². The fraction of sp³-hybridized carbons (Fsp3) is 0.647. The monoisotopic (exact) mass is 450 g/mol. The first-order chi connectivity index (χ1) is 11.1. The van der Waals surface area contributed by atoms with Gasteiger partial charge in [0.15, 0.2) is 11.7 Å². The fourth-order valence-electron chi connectivity index (χ4n) is 2.12. The Labute approximate surface area is 162 Å². The highest BCUT2D eigenvalue weighted by molar-refractivity contribution is 14.0. The molecule has 0 bridgehead atoms. The molecular weight excluding hydrogens is 419 g/mol. The lowest BCUT2D eigenvalue weighted by Crippen LogP contribution is -2.39. The van der Waals surface area contributed by atoms with E-state index < -0.39 is 0 Å². The van der Waals surface area contributed by atoms with E-state index in [0.717, 1.165) is 37.5 Å². The van der Waals surface area contributed by atoms with Gasteiger partial charge in [0.05, 0.1) is 6.26 Å². The Morgan fingerprint density at radius 3 is 2.62 bits per heavy atom. The van der Waals surface area contributed by atoms with Crippen LogP contribution >= 0.6 is 24.0 Å². The maximum atomic E-state index is 11.9. The number of nitrogens with zero attached hydrogens (tertiary/aromatic N) is 2. The van der Waals surface area contributed by atoms with Crippen LogP contribution in [0.15, 0.2) is 21.7 Å². The second kappa shape index (κ2) is 13.1. The van der Waals surface area contributed by atoms with Crippen molar-refractivity contribution in [1.82, 2.24) is 15.5 Å². The van der Waals surface area contributed by atoms with Gasteiger partial charge in [-0.2, -0.15) is 0 Å². The minimum atomic E-state index is -0.163. The summed E-state index contributed by atoms with van der Waals surface area (Å²) in [5, 5.41) is 6.15. The van der Waals surface area contributed by atoms with Crippen molar-refractivity contribution in [3.8, 4) is 0 Å². The summed E-state index contributed by atoms with van der Waals surface area (Å²) >= 11 is 0. The summed E-state index contributed by atoms with van der Waals surface area (Å²) in [7, 11) is 2.05. The maximum absolute atomic E-state index is 11.9. The largest absolute Gasteiger partial charge is 0.459 e. The molecule has 0 aliphatic rings. The number of aliphatic imine (C=N–C) groups is 1. The molecular formula is C17H31IN4O2. The lowest BCUT2D eigenvalue weighted by Gasteiger charge is -2.21. The van der Waals surface area contributed by atoms with Crippen molar-refractivity contribution in [2.45, 2.75) is 40.0 Å². The van der Waals surface area contributed by atoms with E-state index in [0.29, 0.717) is 18.8 Å². The molecule has 2 N–H and O–H groups in total. The average molecular weight is 450 g/mol. The molecule has 24 heavy (non-hydrogen) atoms. The third-order valence-corrected chi connectivity index (χ3v) is 3.49. The molecule has 7 heteroatoms. The van der Waals surface area contributed by atoms with Crippen molar-refractivity contribution in [3.05, 3.63) is 23.7 Å². The summed E-state index contributed by atoms with van der Waals surface area (Å²) in [4.78, 5) is 18.6. The van der Waals surface area contributed by atoms with Gasteiger partial charge in [0.1, 0.15) is 0 Å². The lowest BCUT2D eigenvalue weighted by atomic mass is 10.2. The Kier molecular flexibility index (Phi) is 12.4. The van der Waals surface area contributed by atoms with E-state index in [1.165, 1.54) is 12.7 Å². The molecule has 0 saturated carbocycles. The van der Waals surface area contributed by atoms with Gasteiger partial charge in [0.25, 0.3) is 5.91 Å². The standard InChI is InChI=1S/C17H30N4O2.HI/c1-5-7-12-21(4)17(18-6-2)20-11-8-10-19-16(22)15-14(3)9-13-23-15;/h9,13H,5-8,10-12H2,1-4H3,(H,18,20)(H,19,22);1H. The normalized spacial score (nSPS) is 10.9. The molecule has 1 amide bonds. The number of hydrogen-bond donors (Lipinski definition) is 2. The number of carbonyl (C=O) groups is 1. The van der Waals surface area contributed by atoms with E-state index in [1.807, 2.05) is 6.92 Å². The number of guanidine groups is 1. The first-order valence-corrected chi connectivity index (χ1v) is 8.41. The molecule has 1 aromatic heterocycles. The van der Waals surface area contributed by atoms with Crippen LogP contribution in [0.3, 0.4) is 0 Å². The summed E-state index contributed by atoms with van der Waals surface area (Å²) in [6.45, 7) is 9.21. The highest BCUT2D eigenvalue weighted by Gasteiger charge is 2.11. The van der Waals surface area contributed by atoms with Gasteiger partial charge in [-0.25, -0.2) is 0 Å². The SMILES string of the molecule is CCCCN(C)C(=NCCCNC(=O)c1occc1C)NCC.I. The molecule has 1 aromatic rings. The summed E-state index contributed by atoms with van der Waals surface area (Å²) in [5.41, 5.74) is 0.854. The number of halogens is 1. The van der Waals surface area contributed by atoms with Crippen LogP contribution < -0.4 is 10.6 Å². The number of rotatable bonds is 9. The molecule has 0 spiro atoms. The highest BCUT2D eigenvalue weighted by atomic mass is 127. The first-order valence-electron chi connectivity index (χ1n) is 8.41. The summed E-state index contributed by atoms with van der Waals surface area (Å²) in [5.74, 6) is 1.15. The van der Waals surface area contributed by atoms with Crippen LogP contribution in [0.4, 0.5) is 0 Å². The number of aryl methyl sites for hydroxylation is 1. The van der Waals surface area contributed by atoms with Crippen LogP contribution in [0.1, 0.15) is 49.2 Å². The molecule has 0 unspecified atom stereocenters. The van der Waals surface area contributed by atoms with Gasteiger partial charge < -0.3 is 20.0 Å². The van der Waals surface area contributed by atoms with E-state index in [1.54, 1.807) is 6.07 Å². The minimum absolute atomic E-state index is 0. The number of furan rings is 1. The van der Waals surface area contributed by atoms with Crippen molar-refractivity contribution in [2.75, 3.05) is 33.2 Å². The van der Waals surface area contributed by atoms with Gasteiger partial charge in [-0.05, 0) is 32.8 Å². The Morgan fingerprint density at radius 1 is 1.29 bits per heavy atom. The van der Waals surface area contributed by atoms with Gasteiger partial charge in [-0.1, -0.05) is 13.3 Å². The Hall–Kier alpha value is -1.25. The topological polar surface area (TPSA) is 69.9 Å². The van der Waals surface area contributed by atoms with Gasteiger partial charge >= 0.3 is 0 Å². The van der Waals surface area contributed by atoms with E-state index in [2.05, 4.69) is 41.4 Å². The van der Waals surface area contributed by atoms with Crippen molar-refractivity contribution < 1.29 is 9.21 Å². The molecule has 0 aliphatic carbocycles. The minimum Gasteiger partial charge on any atom is -0.459 e. The van der Waals surface area contributed by atoms with Gasteiger partial charge in [-0.15, -0.1) is 24.0 Å². The van der Waals surface area contributed by atoms with Crippen molar-refractivity contribution in [1.29, 1.82) is 0 Å². The zero-order chi connectivity index (χ0) is 17.1. The van der Waals surface area contributed by atoms with Gasteiger partial charge in [-0.3, -0.25) is 9.79 Å². The molecule has 0 saturated heterocycles. The van der Waals surface area contributed by atoms with Gasteiger partial charge in [0.2, 0.25) is 0 Å². The summed E-state index contributed by atoms with van der Waals surface area (Å²) < 4.78 is 5.17. The van der Waals surface area contributed by atoms with E-state index in [4.69, 9.17) is 4.42 Å². The zero-order valence-electron chi connectivity index (χ0n) is 15.2. The van der Waals surface area contributed by atoms with E-state index >= 15 is 0 Å². The molecule has 138 valence electrons. The fourth-order valence-corrected chi connectivity index (χ4v) is 2.12. The number of carbonyl (C=O) groups excluding carboxylic acids is 1. The first kappa shape index (κ1) is 22.8. The Bertz CT molecular complexity index is 503. The second-order valence-electron chi connectivity index (χ2n) is 5.55. The maximum Gasteiger partial charge on any atom is 0.287 e. The van der Waals surface area contributed by atoms with Crippen molar-refractivity contribution >= 4 is 35.8 Å². The molecule has 0 atom stereocenters. The van der Waals surface area contributed by atoms with Crippen molar-refractivity contribution in [2.24, 2.45) is 4.99 Å². The van der Waals surface area contributed by atoms with Crippen LogP contribution in [0.2, 0.25) is 0 Å². The summed E-state index contributed by atoms with van der Waals surface area (Å²) in [6.07, 6.45) is 4.65. The number of amides is 1. The number of hydrogen-bond acceptors (Lipinski definition) is 3. The molecule has 1 heterocycles. The van der Waals surface area contributed by atoms with E-state index in [-0.39, 0.29) is 29.9 Å². The third-order valence-electron chi connectivity index (χ3n) is 3.49. The van der Waals surface area contributed by atoms with Crippen molar-refractivity contribution in [3.63, 3.8) is 0 Å². The quantitative estimate of drug-likeness (QED) is 0.263. The smallest absolute Gasteiger partial charge is 0.287 e. The molecule has 0 fully saturated rings. The molecule has 0 radical (unpaired) electrons. The predicted molar refractivity (Wildman–Crippen MR) is 109 cm³/mol. The predicted octanol–water partition coefficient (Wildman–Crippen LogP) is 3.02. The van der Waals surface area contributed by atoms with Crippen LogP contribution in [-0.2, 0) is 0 Å². The van der Waals surface area contributed by atoms with Crippen LogP contribution in [0.5, 0.6) is 0 Å². The molecule has 0 aliphatic heterocycles. The Balaban J connectivity index is 0.00000529. The van der Waals surface area contributed by atoms with Crippen LogP contribution in [0, 0.1) is 6.92 Å². The van der Waals surface area contributed by atoms with Crippen LogP contribution in [0.25, 0.3) is 0 Å². The average Bonchev–Trinajstić information content (AvgIpc) is 2.97.